The largest absolute Gasteiger partial charge is 0.468 e. The Bertz CT molecular complexity index is 457. The Morgan fingerprint density at radius 3 is 3.00 bits per heavy atom. The molecule has 2 N–H and O–H groups in total. The van der Waals surface area contributed by atoms with Gasteiger partial charge in [0.2, 0.25) is 5.88 Å². The average molecular weight is 239 g/mol. The van der Waals surface area contributed by atoms with Crippen LogP contribution in [0.25, 0.3) is 0 Å². The molecule has 0 saturated carbocycles. The zero-order valence-corrected chi connectivity index (χ0v) is 9.28. The van der Waals surface area contributed by atoms with Gasteiger partial charge in [-0.15, -0.1) is 0 Å². The van der Waals surface area contributed by atoms with E-state index in [4.69, 9.17) is 26.5 Å². The fourth-order valence-electron chi connectivity index (χ4n) is 1.25. The maximum atomic E-state index is 6.05. The summed E-state index contributed by atoms with van der Waals surface area (Å²) in [5, 5.41) is 0.455. The summed E-state index contributed by atoms with van der Waals surface area (Å²) in [5.41, 5.74) is 6.34. The minimum Gasteiger partial charge on any atom is -0.468 e. The third-order valence-corrected chi connectivity index (χ3v) is 2.49. The van der Waals surface area contributed by atoms with Gasteiger partial charge in [0.25, 0.3) is 0 Å². The summed E-state index contributed by atoms with van der Waals surface area (Å²) in [6.07, 6.45) is 3.20. The highest BCUT2D eigenvalue weighted by Gasteiger charge is 2.08. The van der Waals surface area contributed by atoms with E-state index in [1.807, 2.05) is 6.07 Å². The summed E-state index contributed by atoms with van der Waals surface area (Å²) >= 11 is 6.05. The molecule has 0 aliphatic rings. The fraction of sp³-hybridized carbons (Fsp3) is 0.182. The Morgan fingerprint density at radius 1 is 1.44 bits per heavy atom. The number of pyridine rings is 1. The van der Waals surface area contributed by atoms with Crippen LogP contribution in [-0.2, 0) is 13.2 Å². The molecule has 0 saturated heterocycles. The number of nitrogens with two attached hydrogens (primary N) is 1. The lowest BCUT2D eigenvalue weighted by Crippen LogP contribution is -2.02. The summed E-state index contributed by atoms with van der Waals surface area (Å²) in [7, 11) is 0. The molecule has 0 unspecified atom stereocenters. The Balaban J connectivity index is 2.09. The molecule has 2 rings (SSSR count). The van der Waals surface area contributed by atoms with Gasteiger partial charge in [0.15, 0.2) is 0 Å². The molecule has 0 atom stereocenters. The van der Waals surface area contributed by atoms with Crippen LogP contribution in [0.15, 0.2) is 35.1 Å². The van der Waals surface area contributed by atoms with Crippen LogP contribution in [-0.4, -0.2) is 4.98 Å². The minimum absolute atomic E-state index is 0.299. The molecular formula is C11H11ClN2O2. The molecule has 84 valence electrons. The minimum atomic E-state index is 0.299. The summed E-state index contributed by atoms with van der Waals surface area (Å²) < 4.78 is 10.6. The van der Waals surface area contributed by atoms with E-state index in [0.29, 0.717) is 24.1 Å². The maximum absolute atomic E-state index is 6.05. The molecule has 0 aromatic carbocycles. The predicted molar refractivity (Wildman–Crippen MR) is 60.2 cm³/mol. The van der Waals surface area contributed by atoms with Crippen LogP contribution in [0.5, 0.6) is 5.88 Å². The predicted octanol–water partition coefficient (Wildman–Crippen LogP) is 2.37. The van der Waals surface area contributed by atoms with E-state index in [1.165, 1.54) is 0 Å². The van der Waals surface area contributed by atoms with E-state index in [0.717, 1.165) is 11.3 Å². The maximum Gasteiger partial charge on any atom is 0.233 e. The molecule has 0 amide bonds. The second kappa shape index (κ2) is 5.01. The molecule has 0 radical (unpaired) electrons. The molecule has 16 heavy (non-hydrogen) atoms. The SMILES string of the molecule is NCc1ccnc(OCc2ccco2)c1Cl. The van der Waals surface area contributed by atoms with Crippen LogP contribution < -0.4 is 10.5 Å². The van der Waals surface area contributed by atoms with E-state index < -0.39 is 0 Å². The van der Waals surface area contributed by atoms with Crippen LogP contribution >= 0.6 is 11.6 Å². The second-order valence-corrected chi connectivity index (χ2v) is 3.54. The van der Waals surface area contributed by atoms with Gasteiger partial charge in [0.1, 0.15) is 17.4 Å². The number of ether oxygens (including phenoxy) is 1. The summed E-state index contributed by atoms with van der Waals surface area (Å²) in [5.74, 6) is 1.09. The molecule has 0 fully saturated rings. The Morgan fingerprint density at radius 2 is 2.31 bits per heavy atom. The van der Waals surface area contributed by atoms with Crippen molar-refractivity contribution in [3.8, 4) is 5.88 Å². The topological polar surface area (TPSA) is 61.3 Å². The van der Waals surface area contributed by atoms with Crippen molar-refractivity contribution in [2.24, 2.45) is 5.73 Å². The Hall–Kier alpha value is -1.52. The van der Waals surface area contributed by atoms with Gasteiger partial charge in [-0.05, 0) is 23.8 Å². The van der Waals surface area contributed by atoms with Gasteiger partial charge < -0.3 is 14.9 Å². The fourth-order valence-corrected chi connectivity index (χ4v) is 1.50. The third kappa shape index (κ3) is 2.35. The molecule has 2 aromatic heterocycles. The third-order valence-electron chi connectivity index (χ3n) is 2.09. The van der Waals surface area contributed by atoms with Crippen LogP contribution in [0.4, 0.5) is 0 Å². The van der Waals surface area contributed by atoms with Crippen LogP contribution in [0, 0.1) is 0 Å². The van der Waals surface area contributed by atoms with Gasteiger partial charge >= 0.3 is 0 Å². The highest BCUT2D eigenvalue weighted by molar-refractivity contribution is 6.32. The molecule has 0 bridgehead atoms. The first-order valence-corrected chi connectivity index (χ1v) is 5.17. The molecule has 0 spiro atoms. The van der Waals surface area contributed by atoms with E-state index >= 15 is 0 Å². The molecule has 0 aliphatic heterocycles. The van der Waals surface area contributed by atoms with Crippen molar-refractivity contribution in [1.82, 2.24) is 4.98 Å². The van der Waals surface area contributed by atoms with E-state index in [-0.39, 0.29) is 0 Å². The molecule has 2 heterocycles. The van der Waals surface area contributed by atoms with Gasteiger partial charge in [0, 0.05) is 12.7 Å². The summed E-state index contributed by atoms with van der Waals surface area (Å²) in [6.45, 7) is 0.659. The van der Waals surface area contributed by atoms with Crippen LogP contribution in [0.2, 0.25) is 5.02 Å². The van der Waals surface area contributed by atoms with Gasteiger partial charge in [-0.25, -0.2) is 4.98 Å². The number of aromatic nitrogens is 1. The number of hydrogen-bond acceptors (Lipinski definition) is 4. The monoisotopic (exact) mass is 238 g/mol. The molecular weight excluding hydrogens is 228 g/mol. The van der Waals surface area contributed by atoms with Crippen molar-refractivity contribution in [2.45, 2.75) is 13.2 Å². The lowest BCUT2D eigenvalue weighted by molar-refractivity contribution is 0.260. The molecule has 5 heteroatoms. The quantitative estimate of drug-likeness (QED) is 0.888. The number of furan rings is 1. The van der Waals surface area contributed by atoms with Crippen molar-refractivity contribution < 1.29 is 9.15 Å². The van der Waals surface area contributed by atoms with Crippen molar-refractivity contribution in [1.29, 1.82) is 0 Å². The number of halogens is 1. The number of nitrogens with zero attached hydrogens (tertiary/aromatic N) is 1. The second-order valence-electron chi connectivity index (χ2n) is 3.16. The summed E-state index contributed by atoms with van der Waals surface area (Å²) in [6, 6.07) is 5.38. The van der Waals surface area contributed by atoms with E-state index in [1.54, 1.807) is 24.6 Å². The van der Waals surface area contributed by atoms with E-state index in [9.17, 15) is 0 Å². The van der Waals surface area contributed by atoms with Crippen molar-refractivity contribution in [2.75, 3.05) is 0 Å². The number of hydrogen-bond donors (Lipinski definition) is 1. The first-order chi connectivity index (χ1) is 7.81. The van der Waals surface area contributed by atoms with Crippen LogP contribution in [0.1, 0.15) is 11.3 Å². The van der Waals surface area contributed by atoms with Crippen molar-refractivity contribution >= 4 is 11.6 Å². The Kier molecular flexibility index (Phi) is 3.44. The Labute approximate surface area is 98.0 Å². The molecule has 2 aromatic rings. The first-order valence-electron chi connectivity index (χ1n) is 4.80. The van der Waals surface area contributed by atoms with E-state index in [2.05, 4.69) is 4.98 Å². The van der Waals surface area contributed by atoms with Gasteiger partial charge in [0.05, 0.1) is 6.26 Å². The standard InChI is InChI=1S/C11H11ClN2O2/c12-10-8(6-13)3-4-14-11(10)16-7-9-2-1-5-15-9/h1-5H,6-7,13H2. The van der Waals surface area contributed by atoms with Crippen molar-refractivity contribution in [3.05, 3.63) is 47.0 Å². The molecule has 4 nitrogen and oxygen atoms in total. The zero-order chi connectivity index (χ0) is 11.4. The first kappa shape index (κ1) is 11.0. The van der Waals surface area contributed by atoms with Crippen LogP contribution in [0.3, 0.4) is 0 Å². The lowest BCUT2D eigenvalue weighted by atomic mass is 10.3. The van der Waals surface area contributed by atoms with Gasteiger partial charge in [-0.2, -0.15) is 0 Å². The normalized spacial score (nSPS) is 10.4. The zero-order valence-electron chi connectivity index (χ0n) is 8.52. The molecule has 0 aliphatic carbocycles. The highest BCUT2D eigenvalue weighted by Crippen LogP contribution is 2.25. The highest BCUT2D eigenvalue weighted by atomic mass is 35.5. The summed E-state index contributed by atoms with van der Waals surface area (Å²) in [4.78, 5) is 4.03. The smallest absolute Gasteiger partial charge is 0.233 e. The van der Waals surface area contributed by atoms with Crippen molar-refractivity contribution in [3.63, 3.8) is 0 Å². The van der Waals surface area contributed by atoms with Gasteiger partial charge in [-0.1, -0.05) is 11.6 Å². The van der Waals surface area contributed by atoms with Gasteiger partial charge in [-0.3, -0.25) is 0 Å². The number of rotatable bonds is 4. The average Bonchev–Trinajstić information content (AvgIpc) is 2.81. The lowest BCUT2D eigenvalue weighted by Gasteiger charge is -2.07.